The molecule has 0 aromatic heterocycles. The molecule has 2 atom stereocenters. The third-order valence-electron chi connectivity index (χ3n) is 5.37. The number of benzene rings is 1. The van der Waals surface area contributed by atoms with Gasteiger partial charge in [0.05, 0.1) is 0 Å². The summed E-state index contributed by atoms with van der Waals surface area (Å²) in [6.07, 6.45) is 0.618. The SMILES string of the molecule is CCCCNC(=O)C(c1ccc(O)c(C)c1)N(C(=O)C(CCC(N)=O)NC(=O)OC(C)(C)C)C(C)C. The lowest BCUT2D eigenvalue weighted by atomic mass is 9.98. The molecule has 10 heteroatoms. The Morgan fingerprint density at radius 2 is 1.81 bits per heavy atom. The number of rotatable bonds is 12. The second-order valence-electron chi connectivity index (χ2n) is 10.1. The number of alkyl carbamates (subject to hydrolysis) is 1. The monoisotopic (exact) mass is 506 g/mol. The number of nitrogens with zero attached hydrogens (tertiary/aromatic N) is 1. The minimum absolute atomic E-state index is 0.0601. The van der Waals surface area contributed by atoms with Crippen molar-refractivity contribution in [1.29, 1.82) is 0 Å². The third kappa shape index (κ3) is 9.75. The van der Waals surface area contributed by atoms with Gasteiger partial charge in [-0.3, -0.25) is 14.4 Å². The van der Waals surface area contributed by atoms with Crippen LogP contribution in [0.3, 0.4) is 0 Å². The first-order chi connectivity index (χ1) is 16.7. The molecule has 1 rings (SSSR count). The van der Waals surface area contributed by atoms with E-state index in [9.17, 15) is 24.3 Å². The van der Waals surface area contributed by atoms with Gasteiger partial charge >= 0.3 is 6.09 Å². The van der Waals surface area contributed by atoms with E-state index >= 15 is 0 Å². The predicted octanol–water partition coefficient (Wildman–Crippen LogP) is 3.05. The summed E-state index contributed by atoms with van der Waals surface area (Å²) in [7, 11) is 0. The maximum atomic E-state index is 13.9. The molecule has 4 amide bonds. The summed E-state index contributed by atoms with van der Waals surface area (Å²) in [5.74, 6) is -1.50. The molecule has 202 valence electrons. The van der Waals surface area contributed by atoms with E-state index in [-0.39, 0.29) is 24.5 Å². The van der Waals surface area contributed by atoms with Crippen molar-refractivity contribution in [2.45, 2.75) is 97.9 Å². The fourth-order valence-corrected chi connectivity index (χ4v) is 3.63. The Kier molecular flexibility index (Phi) is 11.7. The molecule has 0 radical (unpaired) electrons. The third-order valence-corrected chi connectivity index (χ3v) is 5.37. The number of hydrogen-bond donors (Lipinski definition) is 4. The zero-order chi connectivity index (χ0) is 27.6. The van der Waals surface area contributed by atoms with Crippen LogP contribution in [0.4, 0.5) is 4.79 Å². The molecule has 0 aliphatic carbocycles. The number of phenols is 1. The lowest BCUT2D eigenvalue weighted by molar-refractivity contribution is -0.144. The predicted molar refractivity (Wildman–Crippen MR) is 137 cm³/mol. The van der Waals surface area contributed by atoms with Crippen LogP contribution in [0.25, 0.3) is 0 Å². The van der Waals surface area contributed by atoms with Crippen LogP contribution in [0.1, 0.15) is 84.4 Å². The fourth-order valence-electron chi connectivity index (χ4n) is 3.63. The molecule has 0 aliphatic heterocycles. The molecule has 2 unspecified atom stereocenters. The number of nitrogens with two attached hydrogens (primary N) is 1. The van der Waals surface area contributed by atoms with Gasteiger partial charge in [0, 0.05) is 19.0 Å². The summed E-state index contributed by atoms with van der Waals surface area (Å²) >= 11 is 0. The molecule has 0 saturated heterocycles. The Labute approximate surface area is 213 Å². The van der Waals surface area contributed by atoms with E-state index in [0.29, 0.717) is 17.7 Å². The summed E-state index contributed by atoms with van der Waals surface area (Å²) in [6, 6.07) is 2.08. The molecule has 0 aliphatic rings. The number of ether oxygens (including phenoxy) is 1. The Balaban J connectivity index is 3.47. The largest absolute Gasteiger partial charge is 0.508 e. The van der Waals surface area contributed by atoms with Crippen molar-refractivity contribution in [1.82, 2.24) is 15.5 Å². The summed E-state index contributed by atoms with van der Waals surface area (Å²) < 4.78 is 5.31. The normalized spacial score (nSPS) is 13.0. The van der Waals surface area contributed by atoms with Crippen LogP contribution >= 0.6 is 0 Å². The lowest BCUT2D eigenvalue weighted by Gasteiger charge is -2.37. The highest BCUT2D eigenvalue weighted by Crippen LogP contribution is 2.29. The molecule has 5 N–H and O–H groups in total. The number of hydrogen-bond acceptors (Lipinski definition) is 6. The number of carbonyl (C=O) groups is 4. The number of aryl methyl sites for hydroxylation is 1. The molecule has 0 bridgehead atoms. The van der Waals surface area contributed by atoms with Gasteiger partial charge in [-0.2, -0.15) is 0 Å². The van der Waals surface area contributed by atoms with E-state index in [1.165, 1.54) is 11.0 Å². The van der Waals surface area contributed by atoms with E-state index in [4.69, 9.17) is 10.5 Å². The van der Waals surface area contributed by atoms with Gasteiger partial charge in [-0.25, -0.2) is 4.79 Å². The Morgan fingerprint density at radius 3 is 2.31 bits per heavy atom. The maximum absolute atomic E-state index is 13.9. The molecule has 1 aromatic rings. The van der Waals surface area contributed by atoms with E-state index in [0.717, 1.165) is 12.8 Å². The van der Waals surface area contributed by atoms with Crippen molar-refractivity contribution < 1.29 is 29.0 Å². The molecule has 0 heterocycles. The molecule has 10 nitrogen and oxygen atoms in total. The molecule has 0 spiro atoms. The quantitative estimate of drug-likeness (QED) is 0.320. The van der Waals surface area contributed by atoms with E-state index in [2.05, 4.69) is 10.6 Å². The average Bonchev–Trinajstić information content (AvgIpc) is 2.74. The van der Waals surface area contributed by atoms with Crippen molar-refractivity contribution in [3.63, 3.8) is 0 Å². The number of phenolic OH excluding ortho intramolecular Hbond substituents is 1. The number of nitrogens with one attached hydrogen (secondary N) is 2. The summed E-state index contributed by atoms with van der Waals surface area (Å²) in [5, 5.41) is 15.4. The van der Waals surface area contributed by atoms with Crippen molar-refractivity contribution in [2.75, 3.05) is 6.54 Å². The van der Waals surface area contributed by atoms with Crippen LogP contribution in [-0.2, 0) is 19.1 Å². The standard InChI is InChI=1S/C26H42N4O6/c1-8-9-14-28-23(33)22(18-10-12-20(31)17(4)15-18)30(16(2)3)24(34)19(11-13-21(27)32)29-25(35)36-26(5,6)7/h10,12,15-16,19,22,31H,8-9,11,13-14H2,1-7H3,(H2,27,32)(H,28,33)(H,29,35). The highest BCUT2D eigenvalue weighted by Gasteiger charge is 2.38. The zero-order valence-corrected chi connectivity index (χ0v) is 22.5. The Bertz CT molecular complexity index is 925. The van der Waals surface area contributed by atoms with Gasteiger partial charge < -0.3 is 31.1 Å². The van der Waals surface area contributed by atoms with Crippen LogP contribution in [0.2, 0.25) is 0 Å². The first-order valence-corrected chi connectivity index (χ1v) is 12.3. The van der Waals surface area contributed by atoms with Gasteiger partial charge in [-0.15, -0.1) is 0 Å². The van der Waals surface area contributed by atoms with E-state index in [1.807, 2.05) is 6.92 Å². The second kappa shape index (κ2) is 13.7. The average molecular weight is 507 g/mol. The molecular formula is C26H42N4O6. The van der Waals surface area contributed by atoms with Crippen molar-refractivity contribution in [2.24, 2.45) is 5.73 Å². The summed E-state index contributed by atoms with van der Waals surface area (Å²) in [5.41, 5.74) is 5.57. The number of carbonyl (C=O) groups excluding carboxylic acids is 4. The van der Waals surface area contributed by atoms with Gasteiger partial charge in [0.15, 0.2) is 0 Å². The van der Waals surface area contributed by atoms with Gasteiger partial charge in [0.2, 0.25) is 17.7 Å². The molecule has 36 heavy (non-hydrogen) atoms. The number of primary amides is 1. The number of amides is 4. The van der Waals surface area contributed by atoms with Gasteiger partial charge in [0.25, 0.3) is 0 Å². The topological polar surface area (TPSA) is 151 Å². The summed E-state index contributed by atoms with van der Waals surface area (Å²) in [4.78, 5) is 52.7. The zero-order valence-electron chi connectivity index (χ0n) is 22.5. The maximum Gasteiger partial charge on any atom is 0.408 e. The number of unbranched alkanes of at least 4 members (excludes halogenated alkanes) is 1. The highest BCUT2D eigenvalue weighted by atomic mass is 16.6. The van der Waals surface area contributed by atoms with Crippen LogP contribution in [-0.4, -0.2) is 58.1 Å². The van der Waals surface area contributed by atoms with Crippen molar-refractivity contribution in [3.05, 3.63) is 29.3 Å². The minimum Gasteiger partial charge on any atom is -0.508 e. The van der Waals surface area contributed by atoms with Crippen LogP contribution < -0.4 is 16.4 Å². The molecule has 0 saturated carbocycles. The first kappa shape index (κ1) is 30.7. The Morgan fingerprint density at radius 1 is 1.17 bits per heavy atom. The lowest BCUT2D eigenvalue weighted by Crippen LogP contribution is -2.55. The van der Waals surface area contributed by atoms with Gasteiger partial charge in [-0.05, 0) is 77.6 Å². The molecule has 0 fully saturated rings. The van der Waals surface area contributed by atoms with Crippen LogP contribution in [0.5, 0.6) is 5.75 Å². The van der Waals surface area contributed by atoms with Gasteiger partial charge in [-0.1, -0.05) is 19.4 Å². The minimum atomic E-state index is -1.15. The summed E-state index contributed by atoms with van der Waals surface area (Å²) in [6.45, 7) is 12.7. The fraction of sp³-hybridized carbons (Fsp3) is 0.615. The van der Waals surface area contributed by atoms with Gasteiger partial charge in [0.1, 0.15) is 23.4 Å². The van der Waals surface area contributed by atoms with Crippen molar-refractivity contribution >= 4 is 23.8 Å². The smallest absolute Gasteiger partial charge is 0.408 e. The second-order valence-corrected chi connectivity index (χ2v) is 10.1. The molecule has 1 aromatic carbocycles. The first-order valence-electron chi connectivity index (χ1n) is 12.3. The van der Waals surface area contributed by atoms with E-state index in [1.54, 1.807) is 53.7 Å². The highest BCUT2D eigenvalue weighted by molar-refractivity contribution is 5.92. The van der Waals surface area contributed by atoms with E-state index < -0.39 is 41.6 Å². The van der Waals surface area contributed by atoms with Crippen LogP contribution in [0.15, 0.2) is 18.2 Å². The number of aromatic hydroxyl groups is 1. The van der Waals surface area contributed by atoms with Crippen LogP contribution in [0, 0.1) is 6.92 Å². The van der Waals surface area contributed by atoms with Crippen molar-refractivity contribution in [3.8, 4) is 5.75 Å². The molecular weight excluding hydrogens is 464 g/mol. The Hall–Kier alpha value is -3.30.